The molecule has 0 saturated heterocycles. The molecule has 2 rings (SSSR count). The van der Waals surface area contributed by atoms with E-state index >= 15 is 0 Å². The van der Waals surface area contributed by atoms with Crippen LogP contribution in [0.4, 0.5) is 0 Å². The second-order valence-electron chi connectivity index (χ2n) is 4.63. The van der Waals surface area contributed by atoms with Gasteiger partial charge in [0.25, 0.3) is 0 Å². The standard InChI is InChI=1S/C14H20N2O2S/c1-3-16-9-12(10-19(17,18)4-2)14-11(8-15)6-5-7-13(14)16/h5-7,9H,3-4,8,10,15H2,1-2H3. The summed E-state index contributed by atoms with van der Waals surface area (Å²) in [6.07, 6.45) is 1.94. The minimum Gasteiger partial charge on any atom is -0.347 e. The molecule has 0 radical (unpaired) electrons. The quantitative estimate of drug-likeness (QED) is 0.911. The molecule has 4 nitrogen and oxygen atoms in total. The highest BCUT2D eigenvalue weighted by Crippen LogP contribution is 2.27. The first-order valence-electron chi connectivity index (χ1n) is 6.52. The van der Waals surface area contributed by atoms with Gasteiger partial charge in [-0.1, -0.05) is 19.1 Å². The molecule has 19 heavy (non-hydrogen) atoms. The van der Waals surface area contributed by atoms with Crippen molar-refractivity contribution in [1.82, 2.24) is 4.57 Å². The fourth-order valence-electron chi connectivity index (χ4n) is 2.40. The fourth-order valence-corrected chi connectivity index (χ4v) is 3.30. The maximum Gasteiger partial charge on any atom is 0.154 e. The number of hydrogen-bond donors (Lipinski definition) is 1. The van der Waals surface area contributed by atoms with Crippen LogP contribution in [0, 0.1) is 0 Å². The summed E-state index contributed by atoms with van der Waals surface area (Å²) in [6, 6.07) is 5.94. The van der Waals surface area contributed by atoms with Gasteiger partial charge in [-0.15, -0.1) is 0 Å². The van der Waals surface area contributed by atoms with E-state index in [1.165, 1.54) is 0 Å². The summed E-state index contributed by atoms with van der Waals surface area (Å²) >= 11 is 0. The first-order chi connectivity index (χ1) is 9.02. The Morgan fingerprint density at radius 1 is 1.21 bits per heavy atom. The van der Waals surface area contributed by atoms with Gasteiger partial charge in [0.05, 0.1) is 5.75 Å². The van der Waals surface area contributed by atoms with E-state index in [1.807, 2.05) is 31.3 Å². The SMILES string of the molecule is CCn1cc(CS(=O)(=O)CC)c2c(CN)cccc21. The minimum absolute atomic E-state index is 0.0873. The van der Waals surface area contributed by atoms with E-state index in [1.54, 1.807) is 6.92 Å². The predicted molar refractivity (Wildman–Crippen MR) is 78.7 cm³/mol. The van der Waals surface area contributed by atoms with Crippen molar-refractivity contribution < 1.29 is 8.42 Å². The number of benzene rings is 1. The van der Waals surface area contributed by atoms with Gasteiger partial charge in [-0.05, 0) is 24.1 Å². The smallest absolute Gasteiger partial charge is 0.154 e. The topological polar surface area (TPSA) is 65.1 Å². The number of nitrogens with two attached hydrogens (primary N) is 1. The molecule has 0 aliphatic rings. The first-order valence-corrected chi connectivity index (χ1v) is 8.34. The molecule has 2 N–H and O–H groups in total. The molecule has 2 aromatic rings. The van der Waals surface area contributed by atoms with Crippen LogP contribution in [0.1, 0.15) is 25.0 Å². The van der Waals surface area contributed by atoms with E-state index in [0.717, 1.165) is 28.6 Å². The molecule has 0 amide bonds. The molecule has 0 atom stereocenters. The van der Waals surface area contributed by atoms with E-state index < -0.39 is 9.84 Å². The lowest BCUT2D eigenvalue weighted by Crippen LogP contribution is -2.07. The summed E-state index contributed by atoms with van der Waals surface area (Å²) in [4.78, 5) is 0. The second-order valence-corrected chi connectivity index (χ2v) is 6.99. The van der Waals surface area contributed by atoms with E-state index in [9.17, 15) is 8.42 Å². The van der Waals surface area contributed by atoms with E-state index in [2.05, 4.69) is 4.57 Å². The summed E-state index contributed by atoms with van der Waals surface area (Å²) in [7, 11) is -3.04. The lowest BCUT2D eigenvalue weighted by molar-refractivity contribution is 0.596. The van der Waals surface area contributed by atoms with Crippen molar-refractivity contribution in [2.75, 3.05) is 5.75 Å². The summed E-state index contributed by atoms with van der Waals surface area (Å²) in [5, 5.41) is 1.00. The van der Waals surface area contributed by atoms with Crippen molar-refractivity contribution in [2.45, 2.75) is 32.7 Å². The molecule has 1 heterocycles. The zero-order valence-electron chi connectivity index (χ0n) is 11.4. The Labute approximate surface area is 114 Å². The van der Waals surface area contributed by atoms with Crippen molar-refractivity contribution >= 4 is 20.7 Å². The average molecular weight is 280 g/mol. The minimum atomic E-state index is -3.04. The average Bonchev–Trinajstić information content (AvgIpc) is 2.76. The number of nitrogens with zero attached hydrogens (tertiary/aromatic N) is 1. The van der Waals surface area contributed by atoms with Crippen LogP contribution in [-0.2, 0) is 28.7 Å². The molecule has 0 aliphatic carbocycles. The molecule has 0 bridgehead atoms. The van der Waals surface area contributed by atoms with Gasteiger partial charge in [-0.2, -0.15) is 0 Å². The molecule has 0 fully saturated rings. The predicted octanol–water partition coefficient (Wildman–Crippen LogP) is 2.05. The fraction of sp³-hybridized carbons (Fsp3) is 0.429. The summed E-state index contributed by atoms with van der Waals surface area (Å²) < 4.78 is 25.8. The van der Waals surface area contributed by atoms with Gasteiger partial charge < -0.3 is 10.3 Å². The highest BCUT2D eigenvalue weighted by atomic mass is 32.2. The molecule has 0 spiro atoms. The Morgan fingerprint density at radius 2 is 1.95 bits per heavy atom. The highest BCUT2D eigenvalue weighted by molar-refractivity contribution is 7.90. The lowest BCUT2D eigenvalue weighted by Gasteiger charge is -2.04. The van der Waals surface area contributed by atoms with Crippen molar-refractivity contribution in [3.8, 4) is 0 Å². The number of fused-ring (bicyclic) bond motifs is 1. The number of sulfone groups is 1. The number of aromatic nitrogens is 1. The van der Waals surface area contributed by atoms with Gasteiger partial charge in [0.15, 0.2) is 9.84 Å². The summed E-state index contributed by atoms with van der Waals surface area (Å²) in [5.41, 5.74) is 8.70. The van der Waals surface area contributed by atoms with Gasteiger partial charge in [-0.3, -0.25) is 0 Å². The van der Waals surface area contributed by atoms with Crippen molar-refractivity contribution in [2.24, 2.45) is 5.73 Å². The zero-order chi connectivity index (χ0) is 14.0. The Morgan fingerprint density at radius 3 is 2.53 bits per heavy atom. The monoisotopic (exact) mass is 280 g/mol. The van der Waals surface area contributed by atoms with Crippen LogP contribution in [-0.4, -0.2) is 18.7 Å². The van der Waals surface area contributed by atoms with Gasteiger partial charge in [0.2, 0.25) is 0 Å². The molecule has 5 heteroatoms. The van der Waals surface area contributed by atoms with Crippen LogP contribution in [0.25, 0.3) is 10.9 Å². The molecule has 1 aromatic carbocycles. The molecule has 104 valence electrons. The van der Waals surface area contributed by atoms with Gasteiger partial charge in [-0.25, -0.2) is 8.42 Å². The third-order valence-electron chi connectivity index (χ3n) is 3.45. The van der Waals surface area contributed by atoms with E-state index in [-0.39, 0.29) is 11.5 Å². The van der Waals surface area contributed by atoms with Crippen molar-refractivity contribution in [3.63, 3.8) is 0 Å². The van der Waals surface area contributed by atoms with Crippen LogP contribution < -0.4 is 5.73 Å². The molecule has 1 aromatic heterocycles. The van der Waals surface area contributed by atoms with Crippen LogP contribution >= 0.6 is 0 Å². The highest BCUT2D eigenvalue weighted by Gasteiger charge is 2.16. The first kappa shape index (κ1) is 14.1. The Balaban J connectivity index is 2.67. The summed E-state index contributed by atoms with van der Waals surface area (Å²) in [6.45, 7) is 4.96. The van der Waals surface area contributed by atoms with Crippen molar-refractivity contribution in [3.05, 3.63) is 35.5 Å². The third kappa shape index (κ3) is 2.67. The van der Waals surface area contributed by atoms with E-state index in [0.29, 0.717) is 6.54 Å². The lowest BCUT2D eigenvalue weighted by atomic mass is 10.1. The largest absolute Gasteiger partial charge is 0.347 e. The van der Waals surface area contributed by atoms with Crippen LogP contribution in [0.5, 0.6) is 0 Å². The molecular formula is C14H20N2O2S. The Bertz CT molecular complexity index is 687. The van der Waals surface area contributed by atoms with Crippen LogP contribution in [0.3, 0.4) is 0 Å². The number of rotatable bonds is 5. The number of hydrogen-bond acceptors (Lipinski definition) is 3. The molecule has 0 unspecified atom stereocenters. The molecule has 0 saturated carbocycles. The Hall–Kier alpha value is -1.33. The normalized spacial score (nSPS) is 12.2. The van der Waals surface area contributed by atoms with Crippen molar-refractivity contribution in [1.29, 1.82) is 0 Å². The van der Waals surface area contributed by atoms with E-state index in [4.69, 9.17) is 5.73 Å². The maximum absolute atomic E-state index is 11.9. The van der Waals surface area contributed by atoms with Gasteiger partial charge in [0.1, 0.15) is 0 Å². The number of aryl methyl sites for hydroxylation is 1. The second kappa shape index (κ2) is 5.35. The molecular weight excluding hydrogens is 260 g/mol. The third-order valence-corrected chi connectivity index (χ3v) is 5.08. The maximum atomic E-state index is 11.9. The Kier molecular flexibility index (Phi) is 3.96. The van der Waals surface area contributed by atoms with Crippen LogP contribution in [0.15, 0.2) is 24.4 Å². The van der Waals surface area contributed by atoms with Gasteiger partial charge >= 0.3 is 0 Å². The molecule has 0 aliphatic heterocycles. The summed E-state index contributed by atoms with van der Waals surface area (Å²) in [5.74, 6) is 0.251. The van der Waals surface area contributed by atoms with Crippen LogP contribution in [0.2, 0.25) is 0 Å². The zero-order valence-corrected chi connectivity index (χ0v) is 12.2. The van der Waals surface area contributed by atoms with Gasteiger partial charge in [0, 0.05) is 35.9 Å².